The first kappa shape index (κ1) is 22.1. The van der Waals surface area contributed by atoms with E-state index in [2.05, 4.69) is 69.3 Å². The summed E-state index contributed by atoms with van der Waals surface area (Å²) < 4.78 is 5.72. The minimum Gasteiger partial charge on any atom is -0.378 e. The predicted octanol–water partition coefficient (Wildman–Crippen LogP) is 3.02. The fourth-order valence-electron chi connectivity index (χ4n) is 6.24. The first-order chi connectivity index (χ1) is 17.1. The number of methoxy groups -OCH3 is 1. The molecule has 35 heavy (non-hydrogen) atoms. The van der Waals surface area contributed by atoms with Gasteiger partial charge in [-0.3, -0.25) is 4.98 Å². The SMILES string of the molecule is CO[C@H]1CNC[C@@H]1N(C)C1=CCC2=C3CN(c4ccc(C#N)c5ncccc45)C[C@@H](C)N3CC2=C1. The van der Waals surface area contributed by atoms with Gasteiger partial charge in [-0.2, -0.15) is 5.26 Å². The number of nitriles is 1. The van der Waals surface area contributed by atoms with Crippen molar-refractivity contribution in [3.8, 4) is 6.07 Å². The molecular weight excluding hydrogens is 436 g/mol. The second kappa shape index (κ2) is 8.71. The van der Waals surface area contributed by atoms with Gasteiger partial charge in [0.2, 0.25) is 0 Å². The Morgan fingerprint density at radius 1 is 1.23 bits per heavy atom. The molecule has 0 radical (unpaired) electrons. The van der Waals surface area contributed by atoms with E-state index in [4.69, 9.17) is 4.74 Å². The van der Waals surface area contributed by atoms with Gasteiger partial charge in [0.1, 0.15) is 6.07 Å². The van der Waals surface area contributed by atoms with Crippen LogP contribution in [-0.2, 0) is 4.74 Å². The highest BCUT2D eigenvalue weighted by Crippen LogP contribution is 2.41. The number of piperazine rings is 1. The van der Waals surface area contributed by atoms with E-state index < -0.39 is 0 Å². The number of likely N-dealkylation sites (N-methyl/N-ethyl adjacent to an activating group) is 1. The second-order valence-electron chi connectivity index (χ2n) is 10.0. The second-order valence-corrected chi connectivity index (χ2v) is 10.0. The molecule has 180 valence electrons. The average molecular weight is 469 g/mol. The minimum atomic E-state index is 0.222. The predicted molar refractivity (Wildman–Crippen MR) is 138 cm³/mol. The molecule has 7 nitrogen and oxygen atoms in total. The summed E-state index contributed by atoms with van der Waals surface area (Å²) >= 11 is 0. The topological polar surface area (TPSA) is 67.7 Å². The number of nitrogens with one attached hydrogen (secondary N) is 1. The van der Waals surface area contributed by atoms with E-state index in [1.165, 1.54) is 22.5 Å². The molecule has 0 saturated carbocycles. The zero-order valence-corrected chi connectivity index (χ0v) is 20.7. The van der Waals surface area contributed by atoms with Crippen molar-refractivity contribution in [1.29, 1.82) is 5.26 Å². The molecule has 0 spiro atoms. The van der Waals surface area contributed by atoms with Gasteiger partial charge in [0.05, 0.1) is 29.8 Å². The first-order valence-corrected chi connectivity index (χ1v) is 12.5. The van der Waals surface area contributed by atoms with E-state index in [9.17, 15) is 5.26 Å². The smallest absolute Gasteiger partial charge is 0.101 e. The van der Waals surface area contributed by atoms with Crippen molar-refractivity contribution in [2.24, 2.45) is 0 Å². The Labute approximate surface area is 207 Å². The Balaban J connectivity index is 1.30. The van der Waals surface area contributed by atoms with E-state index in [1.54, 1.807) is 6.20 Å². The lowest BCUT2D eigenvalue weighted by Crippen LogP contribution is -2.49. The molecule has 2 fully saturated rings. The third-order valence-corrected chi connectivity index (χ3v) is 8.16. The van der Waals surface area contributed by atoms with Crippen LogP contribution in [0.25, 0.3) is 10.9 Å². The normalized spacial score (nSPS) is 25.8. The summed E-state index contributed by atoms with van der Waals surface area (Å²) in [6.45, 7) is 6.99. The van der Waals surface area contributed by atoms with Gasteiger partial charge >= 0.3 is 0 Å². The Kier molecular flexibility index (Phi) is 5.51. The van der Waals surface area contributed by atoms with Gasteiger partial charge < -0.3 is 24.8 Å². The Hall–Kier alpha value is -3.34. The quantitative estimate of drug-likeness (QED) is 0.740. The number of allylic oxidation sites excluding steroid dienone is 2. The molecule has 0 bridgehead atoms. The van der Waals surface area contributed by atoms with Gasteiger partial charge in [-0.05, 0) is 54.8 Å². The van der Waals surface area contributed by atoms with Crippen molar-refractivity contribution >= 4 is 16.6 Å². The highest BCUT2D eigenvalue weighted by atomic mass is 16.5. The maximum absolute atomic E-state index is 9.55. The highest BCUT2D eigenvalue weighted by molar-refractivity contribution is 5.95. The molecule has 4 heterocycles. The fraction of sp³-hybridized carbons (Fsp3) is 0.429. The zero-order chi connectivity index (χ0) is 24.1. The summed E-state index contributed by atoms with van der Waals surface area (Å²) in [4.78, 5) is 12.0. The number of anilines is 1. The van der Waals surface area contributed by atoms with Crippen LogP contribution in [0.1, 0.15) is 18.9 Å². The lowest BCUT2D eigenvalue weighted by Gasteiger charge is -2.42. The molecule has 0 amide bonds. The molecule has 1 N–H and O–H groups in total. The van der Waals surface area contributed by atoms with Gasteiger partial charge in [0.25, 0.3) is 0 Å². The van der Waals surface area contributed by atoms with Crippen molar-refractivity contribution < 1.29 is 4.74 Å². The Morgan fingerprint density at radius 3 is 2.94 bits per heavy atom. The highest BCUT2D eigenvalue weighted by Gasteiger charge is 2.38. The number of fused-ring (bicyclic) bond motifs is 3. The van der Waals surface area contributed by atoms with Crippen molar-refractivity contribution in [2.45, 2.75) is 31.5 Å². The van der Waals surface area contributed by atoms with Crippen molar-refractivity contribution in [2.75, 3.05) is 51.8 Å². The summed E-state index contributed by atoms with van der Waals surface area (Å²) in [6.07, 6.45) is 7.73. The molecule has 7 heteroatoms. The maximum Gasteiger partial charge on any atom is 0.101 e. The lowest BCUT2D eigenvalue weighted by atomic mass is 9.96. The van der Waals surface area contributed by atoms with Gasteiger partial charge in [-0.25, -0.2) is 0 Å². The van der Waals surface area contributed by atoms with Gasteiger partial charge in [-0.15, -0.1) is 0 Å². The summed E-state index contributed by atoms with van der Waals surface area (Å²) in [5, 5.41) is 14.1. The summed E-state index contributed by atoms with van der Waals surface area (Å²) in [5.74, 6) is 0. The molecule has 4 aliphatic rings. The number of rotatable bonds is 4. The summed E-state index contributed by atoms with van der Waals surface area (Å²) in [5.41, 5.74) is 8.24. The number of hydrogen-bond acceptors (Lipinski definition) is 7. The molecule has 6 rings (SSSR count). The number of hydrogen-bond donors (Lipinski definition) is 1. The molecule has 1 aliphatic carbocycles. The van der Waals surface area contributed by atoms with E-state index in [-0.39, 0.29) is 6.10 Å². The Bertz CT molecular complexity index is 1300. The van der Waals surface area contributed by atoms with Crippen molar-refractivity contribution in [3.63, 3.8) is 0 Å². The van der Waals surface area contributed by atoms with Gasteiger partial charge in [0.15, 0.2) is 0 Å². The molecule has 1 aromatic carbocycles. The number of pyridine rings is 1. The molecule has 2 saturated heterocycles. The third kappa shape index (κ3) is 3.60. The van der Waals surface area contributed by atoms with Crippen molar-refractivity contribution in [1.82, 2.24) is 20.1 Å². The molecule has 3 atom stereocenters. The molecule has 3 aliphatic heterocycles. The van der Waals surface area contributed by atoms with Crippen LogP contribution in [0, 0.1) is 11.3 Å². The fourth-order valence-corrected chi connectivity index (χ4v) is 6.24. The molecule has 2 aromatic rings. The van der Waals surface area contributed by atoms with Crippen LogP contribution in [0.15, 0.2) is 65.2 Å². The lowest BCUT2D eigenvalue weighted by molar-refractivity contribution is 0.0669. The van der Waals surface area contributed by atoms with Crippen LogP contribution in [0.4, 0.5) is 5.69 Å². The maximum atomic E-state index is 9.55. The van der Waals surface area contributed by atoms with E-state index >= 15 is 0 Å². The minimum absolute atomic E-state index is 0.222. The van der Waals surface area contributed by atoms with Gasteiger partial charge in [0, 0.05) is 75.0 Å². The largest absolute Gasteiger partial charge is 0.378 e. The zero-order valence-electron chi connectivity index (χ0n) is 20.7. The monoisotopic (exact) mass is 468 g/mol. The standard InChI is InChI=1S/C28H32N6O/c1-18-15-33(24-9-6-19(12-29)28-23(24)5-4-10-31-28)17-26-22-8-7-21(11-20(22)16-34(18)26)32(2)25-13-30-14-27(25)35-3/h4-7,9-11,18,25,27,30H,8,13-17H2,1-3H3/t18-,25+,27+/m1/s1. The molecule has 0 unspecified atom stereocenters. The summed E-state index contributed by atoms with van der Waals surface area (Å²) in [6, 6.07) is 11.1. The number of aromatic nitrogens is 1. The van der Waals surface area contributed by atoms with Crippen LogP contribution in [0.5, 0.6) is 0 Å². The van der Waals surface area contributed by atoms with E-state index in [0.29, 0.717) is 17.6 Å². The van der Waals surface area contributed by atoms with Crippen LogP contribution in [0.2, 0.25) is 0 Å². The van der Waals surface area contributed by atoms with Crippen LogP contribution in [0.3, 0.4) is 0 Å². The van der Waals surface area contributed by atoms with Crippen molar-refractivity contribution in [3.05, 3.63) is 70.7 Å². The number of nitrogens with zero attached hydrogens (tertiary/aromatic N) is 5. The van der Waals surface area contributed by atoms with Gasteiger partial charge in [-0.1, -0.05) is 6.08 Å². The van der Waals surface area contributed by atoms with E-state index in [1.807, 2.05) is 19.2 Å². The first-order valence-electron chi connectivity index (χ1n) is 12.5. The van der Waals surface area contributed by atoms with Crippen LogP contribution in [-0.4, -0.2) is 79.9 Å². The number of ether oxygens (including phenoxy) is 1. The average Bonchev–Trinajstić information content (AvgIpc) is 3.52. The van der Waals surface area contributed by atoms with Crippen LogP contribution < -0.4 is 10.2 Å². The van der Waals surface area contributed by atoms with Crippen LogP contribution >= 0.6 is 0 Å². The molecule has 1 aromatic heterocycles. The number of benzene rings is 1. The Morgan fingerprint density at radius 2 is 2.11 bits per heavy atom. The third-order valence-electron chi connectivity index (χ3n) is 8.16. The van der Waals surface area contributed by atoms with E-state index in [0.717, 1.165) is 55.7 Å². The molecular formula is C28H32N6O. The summed E-state index contributed by atoms with van der Waals surface area (Å²) in [7, 11) is 4.01.